The van der Waals surface area contributed by atoms with Crippen molar-refractivity contribution in [1.82, 2.24) is 19.1 Å². The number of imidazole rings is 1. The monoisotopic (exact) mass is 455 g/mol. The van der Waals surface area contributed by atoms with E-state index < -0.39 is 123 Å². The van der Waals surface area contributed by atoms with Gasteiger partial charge in [-0.3, -0.25) is 18.7 Å². The molecule has 1 aliphatic rings. The molecule has 172 valence electrons. The lowest BCUT2D eigenvalue weighted by atomic mass is 9.61. The van der Waals surface area contributed by atoms with E-state index in [1.165, 1.54) is 6.92 Å². The summed E-state index contributed by atoms with van der Waals surface area (Å²) < 4.78 is 195. The van der Waals surface area contributed by atoms with Crippen LogP contribution in [0.4, 0.5) is 0 Å². The van der Waals surface area contributed by atoms with Crippen LogP contribution in [0.5, 0.6) is 0 Å². The molecule has 0 amide bonds. The predicted octanol–water partition coefficient (Wildman–Crippen LogP) is 3.80. The second-order valence-electron chi connectivity index (χ2n) is 6.67. The maximum atomic E-state index is 13.7. The van der Waals surface area contributed by atoms with Gasteiger partial charge in [-0.15, -0.1) is 0 Å². The van der Waals surface area contributed by atoms with Gasteiger partial charge >= 0.3 is 11.7 Å². The molecule has 0 aliphatic heterocycles. The Morgan fingerprint density at radius 1 is 1.32 bits per heavy atom. The fourth-order valence-corrected chi connectivity index (χ4v) is 2.86. The number of aromatic amines is 1. The molecule has 1 fully saturated rings. The van der Waals surface area contributed by atoms with Gasteiger partial charge in [-0.05, 0) is 50.1 Å². The molecule has 8 nitrogen and oxygen atoms in total. The van der Waals surface area contributed by atoms with Crippen LogP contribution in [0.15, 0.2) is 9.59 Å². The van der Waals surface area contributed by atoms with E-state index >= 15 is 0 Å². The Morgan fingerprint density at radius 3 is 2.68 bits per heavy atom. The van der Waals surface area contributed by atoms with Gasteiger partial charge < -0.3 is 10.1 Å². The summed E-state index contributed by atoms with van der Waals surface area (Å²) >= 11 is 0. The minimum absolute atomic E-state index is 0.0387. The third-order valence-electron chi connectivity index (χ3n) is 4.44. The van der Waals surface area contributed by atoms with Crippen LogP contribution >= 0.6 is 0 Å². The Kier molecular flexibility index (Phi) is 2.21. The number of rotatable bonds is 9. The van der Waals surface area contributed by atoms with Crippen molar-refractivity contribution in [2.45, 2.75) is 103 Å². The number of aryl methyl sites for hydroxylation is 1. The SMILES string of the molecule is [2H]C([2H])C([2H])([2H])C1(C([2H])([2H])C([2H])([2H])C(=O)O)C([2H])([2H])C([2H])([2H])C(C)(c2nc3c([nH]2)c(=O)n(CCC)c(=O)n3C([2H])([2H])C([2H])([2H])C([2H])([2H])[2H])C([2H])([2H])C1([2H])[2H]. The van der Waals surface area contributed by atoms with Gasteiger partial charge in [0.05, 0.1) is 0 Å². The molecule has 31 heavy (non-hydrogen) atoms. The van der Waals surface area contributed by atoms with E-state index in [4.69, 9.17) is 31.5 Å². The van der Waals surface area contributed by atoms with E-state index in [1.54, 1.807) is 0 Å². The molecule has 3 rings (SSSR count). The van der Waals surface area contributed by atoms with Gasteiger partial charge in [-0.2, -0.15) is 0 Å². The number of carboxylic acids is 1. The van der Waals surface area contributed by atoms with Crippen LogP contribution in [-0.2, 0) is 23.3 Å². The Bertz CT molecular complexity index is 1930. The summed E-state index contributed by atoms with van der Waals surface area (Å²) in [6, 6.07) is 0. The number of carbonyl (C=O) groups is 1. The molecular weight excluding hydrogens is 396 g/mol. The zero-order valence-corrected chi connectivity index (χ0v) is 16.5. The van der Waals surface area contributed by atoms with Crippen LogP contribution in [0.2, 0.25) is 0 Å². The van der Waals surface area contributed by atoms with Gasteiger partial charge in [0.1, 0.15) is 11.3 Å². The Morgan fingerprint density at radius 2 is 2.06 bits per heavy atom. The number of fused-ring (bicyclic) bond motifs is 1. The first kappa shape index (κ1) is 7.59. The number of nitrogens with zero attached hydrogens (tertiary/aromatic N) is 3. The van der Waals surface area contributed by atoms with Gasteiger partial charge in [0.2, 0.25) is 0 Å². The molecule has 0 aromatic carbocycles. The molecule has 0 bridgehead atoms. The van der Waals surface area contributed by atoms with Crippen molar-refractivity contribution in [2.75, 3.05) is 0 Å². The molecule has 2 aromatic rings. The second kappa shape index (κ2) is 9.01. The maximum absolute atomic E-state index is 13.7. The molecule has 1 aliphatic carbocycles. The molecule has 0 unspecified atom stereocenters. The van der Waals surface area contributed by atoms with E-state index in [2.05, 4.69) is 9.97 Å². The number of carboxylic acid groups (broad SMARTS) is 1. The van der Waals surface area contributed by atoms with E-state index in [0.717, 1.165) is 0 Å². The van der Waals surface area contributed by atoms with Crippen molar-refractivity contribution in [1.29, 1.82) is 0 Å². The Balaban J connectivity index is 2.76. The molecular formula is C23H36N4O4. The van der Waals surface area contributed by atoms with Crippen LogP contribution in [0.25, 0.3) is 11.2 Å². The Labute approximate surface area is 215 Å². The summed E-state index contributed by atoms with van der Waals surface area (Å²) in [5.74, 6) is -4.23. The lowest BCUT2D eigenvalue weighted by Crippen LogP contribution is -2.40. The largest absolute Gasteiger partial charge is 0.481 e. The van der Waals surface area contributed by atoms with E-state index in [1.807, 2.05) is 0 Å². The topological polar surface area (TPSA) is 110 Å². The lowest BCUT2D eigenvalue weighted by molar-refractivity contribution is -0.137. The number of H-pyrrole nitrogens is 1. The molecule has 2 heterocycles. The van der Waals surface area contributed by atoms with Crippen molar-refractivity contribution in [3.63, 3.8) is 0 Å². The molecule has 1 saturated carbocycles. The average molecular weight is 456 g/mol. The van der Waals surface area contributed by atoms with Crippen molar-refractivity contribution in [2.24, 2.45) is 5.41 Å². The molecule has 2 aromatic heterocycles. The third kappa shape index (κ3) is 4.34. The van der Waals surface area contributed by atoms with Gasteiger partial charge in [-0.1, -0.05) is 33.9 Å². The predicted molar refractivity (Wildman–Crippen MR) is 121 cm³/mol. The minimum Gasteiger partial charge on any atom is -0.481 e. The normalized spacial score (nSPS) is 44.3. The highest BCUT2D eigenvalue weighted by molar-refractivity contribution is 5.70. The summed E-state index contributed by atoms with van der Waals surface area (Å²) in [5, 5.41) is 9.67. The van der Waals surface area contributed by atoms with Crippen LogP contribution in [-0.4, -0.2) is 30.2 Å². The third-order valence-corrected chi connectivity index (χ3v) is 4.44. The summed E-state index contributed by atoms with van der Waals surface area (Å²) in [7, 11) is 0. The quantitative estimate of drug-likeness (QED) is 0.597. The van der Waals surface area contributed by atoms with E-state index in [0.29, 0.717) is 6.92 Å². The zero-order chi connectivity index (χ0) is 43.0. The summed E-state index contributed by atoms with van der Waals surface area (Å²) in [5.41, 5.74) is -14.2. The Hall–Kier alpha value is -2.38. The summed E-state index contributed by atoms with van der Waals surface area (Å²) in [4.78, 5) is 45.2. The van der Waals surface area contributed by atoms with Crippen molar-refractivity contribution in [3.8, 4) is 0 Å². The van der Waals surface area contributed by atoms with E-state index in [-0.39, 0.29) is 15.6 Å². The standard InChI is InChI=1S/C23H36N4O4/c1-5-14-26-18-17(19(30)27(15-6-2)21(26)31)24-20(25-18)22(4)10-12-23(7-3,13-11-22)9-8-16(28)29/h5-15H2,1-4H3,(H,24,25)(H,28,29)/i1D3,3D2,5D2,7D2,8D2,9D2,10D2,11D2,12D2,13D2,14D2. The van der Waals surface area contributed by atoms with Gasteiger partial charge in [0, 0.05) is 56.4 Å². The zero-order valence-electron chi connectivity index (χ0n) is 39.5. The lowest BCUT2D eigenvalue weighted by Gasteiger charge is -2.44. The van der Waals surface area contributed by atoms with Crippen molar-refractivity contribution >= 4 is 17.1 Å². The van der Waals surface area contributed by atoms with Crippen LogP contribution in [0.1, 0.15) is 122 Å². The number of aliphatic carboxylic acids is 1. The van der Waals surface area contributed by atoms with Gasteiger partial charge in [-0.25, -0.2) is 9.78 Å². The highest BCUT2D eigenvalue weighted by Crippen LogP contribution is 2.50. The summed E-state index contributed by atoms with van der Waals surface area (Å²) in [6.07, 6.45) is -36.4. The number of hydrogen-bond acceptors (Lipinski definition) is 4. The smallest absolute Gasteiger partial charge is 0.332 e. The first-order valence-corrected chi connectivity index (χ1v) is 8.96. The highest BCUT2D eigenvalue weighted by Gasteiger charge is 2.42. The van der Waals surface area contributed by atoms with E-state index in [9.17, 15) is 19.5 Å². The average Bonchev–Trinajstić information content (AvgIpc) is 3.42. The number of aromatic nitrogens is 4. The van der Waals surface area contributed by atoms with Crippen LogP contribution < -0.4 is 11.2 Å². The second-order valence-corrected chi connectivity index (χ2v) is 6.67. The van der Waals surface area contributed by atoms with Crippen LogP contribution in [0.3, 0.4) is 0 Å². The fraction of sp³-hybridized carbons (Fsp3) is 0.739. The summed E-state index contributed by atoms with van der Waals surface area (Å²) in [6.45, 7) is -9.85. The minimum atomic E-state index is -4.95. The molecule has 0 saturated heterocycles. The maximum Gasteiger partial charge on any atom is 0.332 e. The molecule has 0 radical (unpaired) electrons. The number of nitrogens with one attached hydrogen (secondary N) is 1. The molecule has 0 spiro atoms. The molecule has 8 heteroatoms. The molecule has 0 atom stereocenters. The van der Waals surface area contributed by atoms with Gasteiger partial charge in [0.25, 0.3) is 5.56 Å². The van der Waals surface area contributed by atoms with Crippen LogP contribution in [0, 0.1) is 5.41 Å². The first-order chi connectivity index (χ1) is 23.6. The van der Waals surface area contributed by atoms with Crippen molar-refractivity contribution in [3.05, 3.63) is 26.7 Å². The highest BCUT2D eigenvalue weighted by atomic mass is 16.4. The fourth-order valence-electron chi connectivity index (χ4n) is 2.86. The molecule has 2 N–H and O–H groups in total. The first-order valence-electron chi connectivity index (χ1n) is 20.6. The van der Waals surface area contributed by atoms with Gasteiger partial charge in [0.15, 0.2) is 5.65 Å². The number of hydrogen-bond donors (Lipinski definition) is 2. The van der Waals surface area contributed by atoms with Crippen molar-refractivity contribution < 1.29 is 41.4 Å².